The number of hydrogen-bond donors (Lipinski definition) is 1. The third-order valence-corrected chi connectivity index (χ3v) is 5.67. The number of nitrogens with zero attached hydrogens (tertiary/aromatic N) is 5. The molecule has 2 heterocycles. The highest BCUT2D eigenvalue weighted by Gasteiger charge is 2.17. The van der Waals surface area contributed by atoms with Gasteiger partial charge in [-0.05, 0) is 38.1 Å². The molecule has 2 aromatic carbocycles. The molecular formula is C24H22N6OS. The standard InChI is InChI=1S/C24H22N6OS/c1-17-8-10-20(11-9-17)23-28-29-24(30(23)21-6-4-3-5-7-21)32-16-22(31)27-26-18(2)19-12-14-25-15-13-19/h3-15H,16H2,1-2H3,(H,27,31). The molecule has 0 saturated heterocycles. The van der Waals surface area contributed by atoms with Crippen molar-refractivity contribution in [2.45, 2.75) is 19.0 Å². The minimum Gasteiger partial charge on any atom is -0.272 e. The highest BCUT2D eigenvalue weighted by Crippen LogP contribution is 2.28. The van der Waals surface area contributed by atoms with Crippen molar-refractivity contribution >= 4 is 23.4 Å². The molecule has 4 rings (SSSR count). The van der Waals surface area contributed by atoms with Crippen molar-refractivity contribution in [1.82, 2.24) is 25.2 Å². The smallest absolute Gasteiger partial charge is 0.250 e. The molecule has 32 heavy (non-hydrogen) atoms. The molecule has 1 amide bonds. The Morgan fingerprint density at radius 3 is 2.44 bits per heavy atom. The van der Waals surface area contributed by atoms with Gasteiger partial charge in [0.2, 0.25) is 0 Å². The van der Waals surface area contributed by atoms with Gasteiger partial charge in [0.1, 0.15) is 0 Å². The first-order valence-corrected chi connectivity index (χ1v) is 11.0. The van der Waals surface area contributed by atoms with E-state index in [2.05, 4.69) is 25.7 Å². The van der Waals surface area contributed by atoms with E-state index in [0.717, 1.165) is 22.6 Å². The quantitative estimate of drug-likeness (QED) is 0.262. The van der Waals surface area contributed by atoms with E-state index < -0.39 is 0 Å². The van der Waals surface area contributed by atoms with Gasteiger partial charge in [0, 0.05) is 29.2 Å². The summed E-state index contributed by atoms with van der Waals surface area (Å²) in [6.45, 7) is 3.88. The fourth-order valence-corrected chi connectivity index (χ4v) is 3.77. The van der Waals surface area contributed by atoms with Crippen molar-refractivity contribution in [2.75, 3.05) is 5.75 Å². The summed E-state index contributed by atoms with van der Waals surface area (Å²) >= 11 is 1.31. The average Bonchev–Trinajstić information content (AvgIpc) is 3.26. The van der Waals surface area contributed by atoms with Crippen LogP contribution in [0.15, 0.2) is 89.4 Å². The Balaban J connectivity index is 1.52. The maximum atomic E-state index is 12.4. The first-order valence-electron chi connectivity index (χ1n) is 10.1. The zero-order chi connectivity index (χ0) is 22.3. The number of rotatable bonds is 7. The molecule has 0 radical (unpaired) electrons. The van der Waals surface area contributed by atoms with Crippen molar-refractivity contribution in [1.29, 1.82) is 0 Å². The number of hydrazone groups is 1. The van der Waals surface area contributed by atoms with Crippen LogP contribution in [0.4, 0.5) is 0 Å². The van der Waals surface area contributed by atoms with Crippen LogP contribution in [0.5, 0.6) is 0 Å². The minimum absolute atomic E-state index is 0.159. The SMILES string of the molecule is CC(=NNC(=O)CSc1nnc(-c2ccc(C)cc2)n1-c1ccccc1)c1ccncc1. The maximum absolute atomic E-state index is 12.4. The van der Waals surface area contributed by atoms with Gasteiger partial charge in [-0.2, -0.15) is 5.10 Å². The van der Waals surface area contributed by atoms with E-state index in [4.69, 9.17) is 0 Å². The summed E-state index contributed by atoms with van der Waals surface area (Å²) in [6, 6.07) is 21.7. The van der Waals surface area contributed by atoms with Gasteiger partial charge < -0.3 is 0 Å². The largest absolute Gasteiger partial charge is 0.272 e. The molecule has 0 aliphatic heterocycles. The molecule has 4 aromatic rings. The third kappa shape index (κ3) is 5.09. The van der Waals surface area contributed by atoms with E-state index in [9.17, 15) is 4.79 Å². The molecule has 0 saturated carbocycles. The Labute approximate surface area is 190 Å². The van der Waals surface area contributed by atoms with Gasteiger partial charge in [-0.15, -0.1) is 10.2 Å². The highest BCUT2D eigenvalue weighted by molar-refractivity contribution is 7.99. The van der Waals surface area contributed by atoms with Gasteiger partial charge >= 0.3 is 0 Å². The van der Waals surface area contributed by atoms with Crippen molar-refractivity contribution < 1.29 is 4.79 Å². The monoisotopic (exact) mass is 442 g/mol. The number of amides is 1. The first kappa shape index (κ1) is 21.5. The number of hydrogen-bond acceptors (Lipinski definition) is 6. The summed E-state index contributed by atoms with van der Waals surface area (Å²) in [6.07, 6.45) is 3.38. The van der Waals surface area contributed by atoms with E-state index >= 15 is 0 Å². The highest BCUT2D eigenvalue weighted by atomic mass is 32.2. The van der Waals surface area contributed by atoms with Crippen molar-refractivity contribution in [3.8, 4) is 17.1 Å². The number of thioether (sulfide) groups is 1. The lowest BCUT2D eigenvalue weighted by atomic mass is 10.1. The van der Waals surface area contributed by atoms with E-state index in [1.807, 2.05) is 85.1 Å². The van der Waals surface area contributed by atoms with Crippen LogP contribution >= 0.6 is 11.8 Å². The Bertz CT molecular complexity index is 1220. The molecule has 0 atom stereocenters. The van der Waals surface area contributed by atoms with Gasteiger partial charge in [-0.3, -0.25) is 14.3 Å². The number of carbonyl (C=O) groups excluding carboxylic acids is 1. The molecule has 1 N–H and O–H groups in total. The summed E-state index contributed by atoms with van der Waals surface area (Å²) in [7, 11) is 0. The summed E-state index contributed by atoms with van der Waals surface area (Å²) < 4.78 is 1.97. The molecule has 2 aromatic heterocycles. The number of carbonyl (C=O) groups is 1. The lowest BCUT2D eigenvalue weighted by Gasteiger charge is -2.10. The molecule has 7 nitrogen and oxygen atoms in total. The topological polar surface area (TPSA) is 85.1 Å². The molecule has 8 heteroatoms. The second-order valence-corrected chi connectivity index (χ2v) is 8.04. The Kier molecular flexibility index (Phi) is 6.72. The van der Waals surface area contributed by atoms with Crippen LogP contribution in [0.25, 0.3) is 17.1 Å². The van der Waals surface area contributed by atoms with E-state index in [0.29, 0.717) is 10.9 Å². The van der Waals surface area contributed by atoms with Crippen molar-refractivity contribution in [3.63, 3.8) is 0 Å². The van der Waals surface area contributed by atoms with Gasteiger partial charge in [-0.25, -0.2) is 5.43 Å². The molecular weight excluding hydrogens is 420 g/mol. The van der Waals surface area contributed by atoms with Crippen LogP contribution in [0, 0.1) is 6.92 Å². The average molecular weight is 443 g/mol. The Morgan fingerprint density at radius 1 is 1.00 bits per heavy atom. The molecule has 0 unspecified atom stereocenters. The lowest BCUT2D eigenvalue weighted by Crippen LogP contribution is -2.21. The van der Waals surface area contributed by atoms with Crippen LogP contribution < -0.4 is 5.43 Å². The molecule has 0 spiro atoms. The predicted octanol–water partition coefficient (Wildman–Crippen LogP) is 4.27. The second kappa shape index (κ2) is 10.0. The summed E-state index contributed by atoms with van der Waals surface area (Å²) in [4.78, 5) is 16.4. The van der Waals surface area contributed by atoms with Crippen LogP contribution in [-0.4, -0.2) is 37.1 Å². The summed E-state index contributed by atoms with van der Waals surface area (Å²) in [5, 5.41) is 13.6. The fraction of sp³-hybridized carbons (Fsp3) is 0.125. The Morgan fingerprint density at radius 2 is 1.72 bits per heavy atom. The number of aromatic nitrogens is 4. The molecule has 0 fully saturated rings. The van der Waals surface area contributed by atoms with Crippen molar-refractivity contribution in [2.24, 2.45) is 5.10 Å². The van der Waals surface area contributed by atoms with Gasteiger partial charge in [0.15, 0.2) is 11.0 Å². The van der Waals surface area contributed by atoms with E-state index in [-0.39, 0.29) is 11.7 Å². The molecule has 0 aliphatic carbocycles. The van der Waals surface area contributed by atoms with Crippen LogP contribution in [0.1, 0.15) is 18.1 Å². The Hall–Kier alpha value is -3.78. The number of para-hydroxylation sites is 1. The number of benzene rings is 2. The molecule has 0 bridgehead atoms. The minimum atomic E-state index is -0.220. The molecule has 0 aliphatic rings. The number of nitrogens with one attached hydrogen (secondary N) is 1. The summed E-state index contributed by atoms with van der Waals surface area (Å²) in [5.74, 6) is 0.667. The van der Waals surface area contributed by atoms with E-state index in [1.54, 1.807) is 12.4 Å². The summed E-state index contributed by atoms with van der Waals surface area (Å²) in [5.41, 5.74) is 7.28. The predicted molar refractivity (Wildman–Crippen MR) is 127 cm³/mol. The first-order chi connectivity index (χ1) is 15.6. The van der Waals surface area contributed by atoms with Crippen LogP contribution in [0.2, 0.25) is 0 Å². The zero-order valence-corrected chi connectivity index (χ0v) is 18.6. The number of pyridine rings is 1. The molecule has 160 valence electrons. The maximum Gasteiger partial charge on any atom is 0.250 e. The second-order valence-electron chi connectivity index (χ2n) is 7.10. The van der Waals surface area contributed by atoms with E-state index in [1.165, 1.54) is 17.3 Å². The van der Waals surface area contributed by atoms with Gasteiger partial charge in [-0.1, -0.05) is 59.8 Å². The van der Waals surface area contributed by atoms with Gasteiger partial charge in [0.25, 0.3) is 5.91 Å². The van der Waals surface area contributed by atoms with Crippen molar-refractivity contribution in [3.05, 3.63) is 90.3 Å². The number of aryl methyl sites for hydroxylation is 1. The van der Waals surface area contributed by atoms with Gasteiger partial charge in [0.05, 0.1) is 11.5 Å². The lowest BCUT2D eigenvalue weighted by molar-refractivity contribution is -0.118. The van der Waals surface area contributed by atoms with Crippen LogP contribution in [0.3, 0.4) is 0 Å². The van der Waals surface area contributed by atoms with Crippen LogP contribution in [-0.2, 0) is 4.79 Å². The fourth-order valence-electron chi connectivity index (χ4n) is 3.03. The normalized spacial score (nSPS) is 11.4. The zero-order valence-electron chi connectivity index (χ0n) is 17.8. The third-order valence-electron chi connectivity index (χ3n) is 4.74.